The van der Waals surface area contributed by atoms with E-state index in [1.807, 2.05) is 48.5 Å². The Labute approximate surface area is 189 Å². The second-order valence-corrected chi connectivity index (χ2v) is 8.06. The van der Waals surface area contributed by atoms with Crippen molar-refractivity contribution in [1.29, 1.82) is 0 Å². The van der Waals surface area contributed by atoms with Crippen molar-refractivity contribution in [1.82, 2.24) is 20.3 Å². The highest BCUT2D eigenvalue weighted by Gasteiger charge is 2.32. The molecule has 0 radical (unpaired) electrons. The first kappa shape index (κ1) is 19.1. The van der Waals surface area contributed by atoms with E-state index >= 15 is 0 Å². The van der Waals surface area contributed by atoms with Gasteiger partial charge in [0, 0.05) is 23.3 Å². The van der Waals surface area contributed by atoms with Gasteiger partial charge in [-0.15, -0.1) is 0 Å². The van der Waals surface area contributed by atoms with Crippen LogP contribution in [0.15, 0.2) is 79.3 Å². The number of nitrogen functional groups attached to an aromatic ring is 2. The number of pyridine rings is 2. The highest BCUT2D eigenvalue weighted by Crippen LogP contribution is 2.48. The number of fused-ring (bicyclic) bond motifs is 4. The van der Waals surface area contributed by atoms with Crippen molar-refractivity contribution in [2.45, 2.75) is 6.04 Å². The summed E-state index contributed by atoms with van der Waals surface area (Å²) in [6, 6.07) is 19.3. The Morgan fingerprint density at radius 3 is 2.64 bits per heavy atom. The zero-order valence-corrected chi connectivity index (χ0v) is 17.5. The summed E-state index contributed by atoms with van der Waals surface area (Å²) in [6.07, 6.45) is 4.97. The van der Waals surface area contributed by atoms with Gasteiger partial charge in [-0.05, 0) is 46.0 Å². The smallest absolute Gasteiger partial charge is 0.252 e. The maximum Gasteiger partial charge on any atom is 0.252 e. The van der Waals surface area contributed by atoms with Gasteiger partial charge >= 0.3 is 0 Å². The number of aromatic amines is 1. The number of hydrogen-bond donors (Lipinski definition) is 4. The minimum atomic E-state index is -0.305. The quantitative estimate of drug-likeness (QED) is 0.339. The zero-order chi connectivity index (χ0) is 22.5. The van der Waals surface area contributed by atoms with E-state index in [1.54, 1.807) is 24.7 Å². The van der Waals surface area contributed by atoms with E-state index in [9.17, 15) is 4.79 Å². The Morgan fingerprint density at radius 1 is 0.909 bits per heavy atom. The maximum absolute atomic E-state index is 13.4. The molecule has 1 aliphatic rings. The second kappa shape index (κ2) is 7.20. The third-order valence-corrected chi connectivity index (χ3v) is 6.16. The van der Waals surface area contributed by atoms with Gasteiger partial charge in [0.1, 0.15) is 11.5 Å². The highest BCUT2D eigenvalue weighted by molar-refractivity contribution is 6.06. The van der Waals surface area contributed by atoms with Crippen LogP contribution in [0.25, 0.3) is 33.3 Å². The highest BCUT2D eigenvalue weighted by atomic mass is 16.1. The van der Waals surface area contributed by atoms with E-state index in [0.717, 1.165) is 38.8 Å². The summed E-state index contributed by atoms with van der Waals surface area (Å²) in [4.78, 5) is 25.0. The molecule has 3 heterocycles. The average Bonchev–Trinajstić information content (AvgIpc) is 3.44. The Hall–Kier alpha value is -4.65. The molecule has 7 heteroatoms. The first-order valence-corrected chi connectivity index (χ1v) is 10.6. The Morgan fingerprint density at radius 2 is 1.73 bits per heavy atom. The number of carbonyl (C=O) groups is 1. The molecule has 6 N–H and O–H groups in total. The van der Waals surface area contributed by atoms with Gasteiger partial charge in [0.05, 0.1) is 23.5 Å². The third kappa shape index (κ3) is 2.94. The molecule has 0 fully saturated rings. The van der Waals surface area contributed by atoms with E-state index < -0.39 is 0 Å². The van der Waals surface area contributed by atoms with Crippen LogP contribution in [0.1, 0.15) is 27.5 Å². The predicted octanol–water partition coefficient (Wildman–Crippen LogP) is 4.29. The summed E-state index contributed by atoms with van der Waals surface area (Å²) in [5.74, 6) is 0.249. The lowest BCUT2D eigenvalue weighted by Gasteiger charge is -2.17. The summed E-state index contributed by atoms with van der Waals surface area (Å²) in [5.41, 5.74) is 19.9. The molecular weight excluding hydrogens is 412 g/mol. The molecular formula is C26H20N6O. The molecule has 1 amide bonds. The van der Waals surface area contributed by atoms with Gasteiger partial charge in [-0.2, -0.15) is 0 Å². The number of carbonyl (C=O) groups excluding carboxylic acids is 1. The number of hydrogen-bond acceptors (Lipinski definition) is 5. The molecule has 2 aromatic carbocycles. The molecule has 0 saturated heterocycles. The van der Waals surface area contributed by atoms with Crippen molar-refractivity contribution >= 4 is 28.4 Å². The molecule has 160 valence electrons. The molecule has 1 atom stereocenters. The van der Waals surface area contributed by atoms with Gasteiger partial charge in [-0.25, -0.2) is 9.97 Å². The van der Waals surface area contributed by atoms with Crippen LogP contribution < -0.4 is 16.8 Å². The molecule has 1 unspecified atom stereocenters. The number of rotatable bonds is 3. The molecule has 7 nitrogen and oxygen atoms in total. The van der Waals surface area contributed by atoms with E-state index in [0.29, 0.717) is 22.7 Å². The molecule has 33 heavy (non-hydrogen) atoms. The van der Waals surface area contributed by atoms with Crippen LogP contribution in [0.2, 0.25) is 0 Å². The number of H-pyrrole nitrogens is 1. The predicted molar refractivity (Wildman–Crippen MR) is 129 cm³/mol. The average molecular weight is 432 g/mol. The molecule has 0 saturated carbocycles. The van der Waals surface area contributed by atoms with Gasteiger partial charge < -0.3 is 21.8 Å². The van der Waals surface area contributed by atoms with Crippen LogP contribution in [0.3, 0.4) is 0 Å². The zero-order valence-electron chi connectivity index (χ0n) is 17.5. The Balaban J connectivity index is 1.49. The maximum atomic E-state index is 13.4. The molecule has 0 bridgehead atoms. The summed E-state index contributed by atoms with van der Waals surface area (Å²) in [5, 5.41) is 4.03. The number of nitrogens with zero attached hydrogens (tertiary/aromatic N) is 2. The largest absolute Gasteiger partial charge is 0.397 e. The first-order chi connectivity index (χ1) is 16.1. The van der Waals surface area contributed by atoms with Crippen molar-refractivity contribution in [2.75, 3.05) is 11.5 Å². The minimum Gasteiger partial charge on any atom is -0.397 e. The lowest BCUT2D eigenvalue weighted by molar-refractivity contribution is 0.0945. The fraction of sp³-hybridized carbons (Fsp3) is 0.0385. The summed E-state index contributed by atoms with van der Waals surface area (Å²) < 4.78 is 0. The first-order valence-electron chi connectivity index (χ1n) is 10.6. The van der Waals surface area contributed by atoms with Gasteiger partial charge in [0.15, 0.2) is 0 Å². The lowest BCUT2D eigenvalue weighted by atomic mass is 9.94. The number of nitrogens with one attached hydrogen (secondary N) is 2. The Kier molecular flexibility index (Phi) is 4.16. The second-order valence-electron chi connectivity index (χ2n) is 8.06. The van der Waals surface area contributed by atoms with Crippen LogP contribution in [0.5, 0.6) is 0 Å². The van der Waals surface area contributed by atoms with E-state index in [1.165, 1.54) is 0 Å². The standard InChI is InChI=1S/C26H20N6O/c27-14-12-21(24(28)31-13-14)16-6-3-7-20-22(16)15-4-1-2-5-17(15)23(20)32-26(33)19-9-11-30-25-18(19)8-10-29-25/h1-13,23H,27H2,(H2,28,31)(H,29,30)(H,32,33). The van der Waals surface area contributed by atoms with Crippen LogP contribution in [-0.4, -0.2) is 20.9 Å². The normalized spacial score (nSPS) is 14.1. The molecule has 6 rings (SSSR count). The summed E-state index contributed by atoms with van der Waals surface area (Å²) >= 11 is 0. The van der Waals surface area contributed by atoms with E-state index in [-0.39, 0.29) is 11.9 Å². The molecule has 1 aliphatic carbocycles. The Bertz CT molecular complexity index is 1550. The lowest BCUT2D eigenvalue weighted by Crippen LogP contribution is -2.28. The van der Waals surface area contributed by atoms with Crippen molar-refractivity contribution in [3.05, 3.63) is 95.9 Å². The third-order valence-electron chi connectivity index (χ3n) is 6.16. The fourth-order valence-corrected chi connectivity index (χ4v) is 4.71. The van der Waals surface area contributed by atoms with Crippen molar-refractivity contribution in [2.24, 2.45) is 0 Å². The SMILES string of the molecule is Nc1cnc(N)c(-c2cccc3c2-c2ccccc2C3NC(=O)c2ccnc3[nH]ccc23)c1. The van der Waals surface area contributed by atoms with Gasteiger partial charge in [0.2, 0.25) is 0 Å². The van der Waals surface area contributed by atoms with Crippen LogP contribution in [0.4, 0.5) is 11.5 Å². The molecule has 0 aliphatic heterocycles. The minimum absolute atomic E-state index is 0.162. The fourth-order valence-electron chi connectivity index (χ4n) is 4.71. The van der Waals surface area contributed by atoms with Crippen molar-refractivity contribution in [3.63, 3.8) is 0 Å². The van der Waals surface area contributed by atoms with Crippen molar-refractivity contribution < 1.29 is 4.79 Å². The van der Waals surface area contributed by atoms with Crippen LogP contribution >= 0.6 is 0 Å². The topological polar surface area (TPSA) is 123 Å². The number of aromatic nitrogens is 3. The molecule has 3 aromatic heterocycles. The number of amides is 1. The number of benzene rings is 2. The summed E-state index contributed by atoms with van der Waals surface area (Å²) in [6.45, 7) is 0. The van der Waals surface area contributed by atoms with Gasteiger partial charge in [0.25, 0.3) is 5.91 Å². The van der Waals surface area contributed by atoms with Crippen molar-refractivity contribution in [3.8, 4) is 22.3 Å². The van der Waals surface area contributed by atoms with Crippen LogP contribution in [0, 0.1) is 0 Å². The van der Waals surface area contributed by atoms with Crippen LogP contribution in [-0.2, 0) is 0 Å². The number of nitrogens with two attached hydrogens (primary N) is 2. The van der Waals surface area contributed by atoms with Gasteiger partial charge in [-0.3, -0.25) is 4.79 Å². The summed E-state index contributed by atoms with van der Waals surface area (Å²) in [7, 11) is 0. The monoisotopic (exact) mass is 432 g/mol. The van der Waals surface area contributed by atoms with E-state index in [4.69, 9.17) is 11.5 Å². The molecule has 0 spiro atoms. The molecule has 5 aromatic rings. The van der Waals surface area contributed by atoms with Gasteiger partial charge in [-0.1, -0.05) is 42.5 Å². The number of anilines is 2. The van der Waals surface area contributed by atoms with E-state index in [2.05, 4.69) is 26.3 Å².